The number of anilines is 2. The Morgan fingerprint density at radius 3 is 2.34 bits per heavy atom. The SMILES string of the molecule is C[C@@H]1C[C@H](C)CN(c2cc(C(F)(F)F)nc(NC(=S)NCC3(c4ccccc4)CCCCC3)n2)C1. The molecule has 0 radical (unpaired) electrons. The van der Waals surface area contributed by atoms with Crippen LogP contribution in [0.4, 0.5) is 24.9 Å². The lowest BCUT2D eigenvalue weighted by Gasteiger charge is -2.38. The van der Waals surface area contributed by atoms with Crippen molar-refractivity contribution in [3.63, 3.8) is 0 Å². The Bertz CT molecular complexity index is 998. The molecule has 1 aliphatic carbocycles. The van der Waals surface area contributed by atoms with Gasteiger partial charge in [0.2, 0.25) is 5.95 Å². The van der Waals surface area contributed by atoms with Gasteiger partial charge in [0.1, 0.15) is 5.82 Å². The molecule has 35 heavy (non-hydrogen) atoms. The molecule has 2 heterocycles. The Hall–Kier alpha value is -2.42. The first-order valence-electron chi connectivity index (χ1n) is 12.5. The number of nitrogens with zero attached hydrogens (tertiary/aromatic N) is 3. The van der Waals surface area contributed by atoms with E-state index in [4.69, 9.17) is 12.2 Å². The second-order valence-corrected chi connectivity index (χ2v) is 10.7. The molecule has 0 amide bonds. The van der Waals surface area contributed by atoms with Gasteiger partial charge in [-0.3, -0.25) is 0 Å². The number of hydrogen-bond acceptors (Lipinski definition) is 4. The first-order chi connectivity index (χ1) is 16.6. The summed E-state index contributed by atoms with van der Waals surface area (Å²) < 4.78 is 40.9. The maximum atomic E-state index is 13.6. The predicted octanol–water partition coefficient (Wildman–Crippen LogP) is 6.17. The molecule has 9 heteroatoms. The summed E-state index contributed by atoms with van der Waals surface area (Å²) in [7, 11) is 0. The van der Waals surface area contributed by atoms with E-state index >= 15 is 0 Å². The number of piperidine rings is 1. The highest BCUT2D eigenvalue weighted by Gasteiger charge is 2.36. The van der Waals surface area contributed by atoms with E-state index < -0.39 is 11.9 Å². The molecule has 0 bridgehead atoms. The number of aromatic nitrogens is 2. The van der Waals surface area contributed by atoms with E-state index in [-0.39, 0.29) is 22.3 Å². The van der Waals surface area contributed by atoms with Crippen LogP contribution in [0.25, 0.3) is 0 Å². The minimum atomic E-state index is -4.57. The molecule has 2 atom stereocenters. The molecule has 2 aliphatic rings. The van der Waals surface area contributed by atoms with Gasteiger partial charge in [-0.2, -0.15) is 18.2 Å². The number of hydrogen-bond donors (Lipinski definition) is 2. The van der Waals surface area contributed by atoms with Gasteiger partial charge in [0.05, 0.1) is 0 Å². The van der Waals surface area contributed by atoms with Gasteiger partial charge in [-0.1, -0.05) is 63.4 Å². The number of halogens is 3. The quantitative estimate of drug-likeness (QED) is 0.474. The fourth-order valence-electron chi connectivity index (χ4n) is 5.63. The second-order valence-electron chi connectivity index (χ2n) is 10.3. The summed E-state index contributed by atoms with van der Waals surface area (Å²) in [6, 6.07) is 11.4. The molecular formula is C26H34F3N5S. The number of alkyl halides is 3. The lowest BCUT2D eigenvalue weighted by molar-refractivity contribution is -0.141. The second kappa shape index (κ2) is 10.7. The van der Waals surface area contributed by atoms with Gasteiger partial charge in [-0.05, 0) is 48.9 Å². The highest BCUT2D eigenvalue weighted by Crippen LogP contribution is 2.39. The zero-order valence-electron chi connectivity index (χ0n) is 20.4. The third kappa shape index (κ3) is 6.42. The molecule has 1 aromatic heterocycles. The number of benzene rings is 1. The van der Waals surface area contributed by atoms with E-state index in [2.05, 4.69) is 46.6 Å². The maximum Gasteiger partial charge on any atom is 0.433 e. The molecule has 1 saturated carbocycles. The molecule has 2 aromatic rings. The first kappa shape index (κ1) is 25.7. The van der Waals surface area contributed by atoms with E-state index in [1.807, 2.05) is 23.1 Å². The van der Waals surface area contributed by atoms with Gasteiger partial charge in [0.25, 0.3) is 0 Å². The fraction of sp³-hybridized carbons (Fsp3) is 0.577. The Morgan fingerprint density at radius 1 is 1.06 bits per heavy atom. The summed E-state index contributed by atoms with van der Waals surface area (Å²) in [5.41, 5.74) is 0.248. The third-order valence-electron chi connectivity index (χ3n) is 7.21. The standard InChI is InChI=1S/C26H34F3N5S/c1-18-13-19(2)16-34(15-18)22-14-21(26(27,28)29)31-23(32-22)33-24(35)30-17-25(11-7-4-8-12-25)20-9-5-3-6-10-20/h3,5-6,9-10,14,18-19H,4,7-8,11-13,15-17H2,1-2H3,(H2,30,31,32,33,35)/t18-,19+. The van der Waals surface area contributed by atoms with Crippen molar-refractivity contribution in [2.24, 2.45) is 11.8 Å². The molecule has 2 N–H and O–H groups in total. The van der Waals surface area contributed by atoms with Crippen LogP contribution in [0.2, 0.25) is 0 Å². The van der Waals surface area contributed by atoms with Gasteiger partial charge in [-0.25, -0.2) is 4.98 Å². The van der Waals surface area contributed by atoms with E-state index in [9.17, 15) is 13.2 Å². The van der Waals surface area contributed by atoms with Crippen LogP contribution in [0.5, 0.6) is 0 Å². The van der Waals surface area contributed by atoms with Crippen molar-refractivity contribution in [2.45, 2.75) is 64.0 Å². The van der Waals surface area contributed by atoms with Gasteiger partial charge < -0.3 is 15.5 Å². The van der Waals surface area contributed by atoms with Crippen LogP contribution in [-0.4, -0.2) is 34.7 Å². The smallest absolute Gasteiger partial charge is 0.361 e. The summed E-state index contributed by atoms with van der Waals surface area (Å²) in [5.74, 6) is 0.915. The summed E-state index contributed by atoms with van der Waals surface area (Å²) in [5, 5.41) is 6.33. The molecule has 5 nitrogen and oxygen atoms in total. The Balaban J connectivity index is 1.51. The topological polar surface area (TPSA) is 53.1 Å². The summed E-state index contributed by atoms with van der Waals surface area (Å²) in [4.78, 5) is 10.1. The number of rotatable bonds is 5. The minimum Gasteiger partial charge on any atom is -0.361 e. The van der Waals surface area contributed by atoms with E-state index in [0.717, 1.165) is 38.2 Å². The van der Waals surface area contributed by atoms with Gasteiger partial charge >= 0.3 is 6.18 Å². The van der Waals surface area contributed by atoms with Gasteiger partial charge in [0.15, 0.2) is 10.8 Å². The zero-order chi connectivity index (χ0) is 25.1. The predicted molar refractivity (Wildman–Crippen MR) is 138 cm³/mol. The summed E-state index contributed by atoms with van der Waals surface area (Å²) in [6.45, 7) is 6.16. The molecule has 0 unspecified atom stereocenters. The van der Waals surface area contributed by atoms with Crippen molar-refractivity contribution in [1.82, 2.24) is 15.3 Å². The first-order valence-corrected chi connectivity index (χ1v) is 12.9. The molecular weight excluding hydrogens is 471 g/mol. The minimum absolute atomic E-state index is 0.0504. The van der Waals surface area contributed by atoms with Crippen molar-refractivity contribution in [1.29, 1.82) is 0 Å². The molecule has 4 rings (SSSR count). The van der Waals surface area contributed by atoms with Crippen LogP contribution in [-0.2, 0) is 11.6 Å². The molecule has 1 saturated heterocycles. The molecule has 2 fully saturated rings. The van der Waals surface area contributed by atoms with Crippen molar-refractivity contribution < 1.29 is 13.2 Å². The maximum absolute atomic E-state index is 13.6. The Morgan fingerprint density at radius 2 is 1.71 bits per heavy atom. The number of thiocarbonyl (C=S) groups is 1. The Kier molecular flexibility index (Phi) is 7.83. The third-order valence-corrected chi connectivity index (χ3v) is 7.45. The van der Waals surface area contributed by atoms with Crippen LogP contribution < -0.4 is 15.5 Å². The van der Waals surface area contributed by atoms with Gasteiger partial charge in [-0.15, -0.1) is 0 Å². The normalized spacial score (nSPS) is 22.5. The van der Waals surface area contributed by atoms with Crippen LogP contribution in [0.3, 0.4) is 0 Å². The molecule has 190 valence electrons. The van der Waals surface area contributed by atoms with E-state index in [1.165, 1.54) is 12.0 Å². The van der Waals surface area contributed by atoms with Crippen LogP contribution in [0.15, 0.2) is 36.4 Å². The van der Waals surface area contributed by atoms with E-state index in [0.29, 0.717) is 31.5 Å². The van der Waals surface area contributed by atoms with Crippen molar-refractivity contribution in [2.75, 3.05) is 29.9 Å². The molecule has 0 spiro atoms. The monoisotopic (exact) mass is 505 g/mol. The largest absolute Gasteiger partial charge is 0.433 e. The van der Waals surface area contributed by atoms with Crippen LogP contribution >= 0.6 is 12.2 Å². The molecule has 1 aliphatic heterocycles. The zero-order valence-corrected chi connectivity index (χ0v) is 21.2. The lowest BCUT2D eigenvalue weighted by atomic mass is 9.69. The van der Waals surface area contributed by atoms with Crippen LogP contribution in [0, 0.1) is 11.8 Å². The average Bonchev–Trinajstić information content (AvgIpc) is 2.82. The lowest BCUT2D eigenvalue weighted by Crippen LogP contribution is -2.43. The highest BCUT2D eigenvalue weighted by molar-refractivity contribution is 7.80. The fourth-order valence-corrected chi connectivity index (χ4v) is 5.79. The van der Waals surface area contributed by atoms with E-state index in [1.54, 1.807) is 0 Å². The van der Waals surface area contributed by atoms with Crippen molar-refractivity contribution in [3.05, 3.63) is 47.7 Å². The number of nitrogens with one attached hydrogen (secondary N) is 2. The highest BCUT2D eigenvalue weighted by atomic mass is 32.1. The van der Waals surface area contributed by atoms with Crippen molar-refractivity contribution in [3.8, 4) is 0 Å². The Labute approximate surface area is 210 Å². The van der Waals surface area contributed by atoms with Crippen molar-refractivity contribution >= 4 is 29.1 Å². The summed E-state index contributed by atoms with van der Waals surface area (Å²) in [6.07, 6.45) is 2.06. The van der Waals surface area contributed by atoms with Crippen LogP contribution in [0.1, 0.15) is 63.6 Å². The average molecular weight is 506 g/mol. The summed E-state index contributed by atoms with van der Waals surface area (Å²) >= 11 is 5.48. The van der Waals surface area contributed by atoms with Gasteiger partial charge in [0, 0.05) is 31.1 Å². The molecule has 1 aromatic carbocycles.